The topological polar surface area (TPSA) is 24.5 Å². The molecular formula is C14H30N2O. The molecule has 3 unspecified atom stereocenters. The van der Waals surface area contributed by atoms with Gasteiger partial charge in [-0.2, -0.15) is 0 Å². The van der Waals surface area contributed by atoms with E-state index in [1.807, 2.05) is 0 Å². The predicted octanol–water partition coefficient (Wildman–Crippen LogP) is 2.12. The van der Waals surface area contributed by atoms with E-state index in [1.165, 1.54) is 25.7 Å². The Kier molecular flexibility index (Phi) is 7.09. The van der Waals surface area contributed by atoms with Crippen molar-refractivity contribution in [1.82, 2.24) is 10.2 Å². The van der Waals surface area contributed by atoms with Crippen LogP contribution >= 0.6 is 0 Å². The molecule has 0 amide bonds. The highest BCUT2D eigenvalue weighted by Gasteiger charge is 2.20. The van der Waals surface area contributed by atoms with Gasteiger partial charge in [0.2, 0.25) is 0 Å². The van der Waals surface area contributed by atoms with Crippen LogP contribution in [0, 0.1) is 5.92 Å². The molecule has 3 heteroatoms. The van der Waals surface area contributed by atoms with Crippen LogP contribution in [0.15, 0.2) is 0 Å². The molecule has 1 fully saturated rings. The molecule has 0 saturated heterocycles. The van der Waals surface area contributed by atoms with Gasteiger partial charge in [0.05, 0.1) is 6.61 Å². The van der Waals surface area contributed by atoms with Gasteiger partial charge in [-0.3, -0.25) is 0 Å². The van der Waals surface area contributed by atoms with E-state index in [2.05, 4.69) is 31.1 Å². The average molecular weight is 242 g/mol. The summed E-state index contributed by atoms with van der Waals surface area (Å²) in [6, 6.07) is 1.25. The van der Waals surface area contributed by atoms with Crippen LogP contribution in [-0.2, 0) is 4.74 Å². The van der Waals surface area contributed by atoms with Crippen LogP contribution < -0.4 is 5.32 Å². The summed E-state index contributed by atoms with van der Waals surface area (Å²) < 4.78 is 5.18. The third-order valence-corrected chi connectivity index (χ3v) is 4.14. The summed E-state index contributed by atoms with van der Waals surface area (Å²) in [7, 11) is 3.95. The summed E-state index contributed by atoms with van der Waals surface area (Å²) in [5, 5.41) is 3.72. The Morgan fingerprint density at radius 1 is 1.35 bits per heavy atom. The molecular weight excluding hydrogens is 212 g/mol. The van der Waals surface area contributed by atoms with Gasteiger partial charge in [0.25, 0.3) is 0 Å². The van der Waals surface area contributed by atoms with Gasteiger partial charge in [-0.25, -0.2) is 0 Å². The molecule has 0 bridgehead atoms. The van der Waals surface area contributed by atoms with Crippen LogP contribution in [0.5, 0.6) is 0 Å². The number of nitrogens with one attached hydrogen (secondary N) is 1. The van der Waals surface area contributed by atoms with Gasteiger partial charge >= 0.3 is 0 Å². The zero-order valence-corrected chi connectivity index (χ0v) is 12.0. The largest absolute Gasteiger partial charge is 0.383 e. The predicted molar refractivity (Wildman–Crippen MR) is 73.4 cm³/mol. The molecule has 17 heavy (non-hydrogen) atoms. The minimum Gasteiger partial charge on any atom is -0.383 e. The summed E-state index contributed by atoms with van der Waals surface area (Å²) in [5.41, 5.74) is 0. The fourth-order valence-electron chi connectivity index (χ4n) is 2.63. The second-order valence-electron chi connectivity index (χ2n) is 5.61. The molecule has 1 aliphatic carbocycles. The number of hydrogen-bond acceptors (Lipinski definition) is 3. The highest BCUT2D eigenvalue weighted by atomic mass is 16.5. The number of hydrogen-bond donors (Lipinski definition) is 1. The van der Waals surface area contributed by atoms with Gasteiger partial charge < -0.3 is 15.0 Å². The molecule has 3 nitrogen and oxygen atoms in total. The zero-order chi connectivity index (χ0) is 12.7. The quantitative estimate of drug-likeness (QED) is 0.740. The van der Waals surface area contributed by atoms with E-state index >= 15 is 0 Å². The molecule has 0 spiro atoms. The van der Waals surface area contributed by atoms with E-state index in [1.54, 1.807) is 7.11 Å². The van der Waals surface area contributed by atoms with E-state index in [-0.39, 0.29) is 0 Å². The SMILES string of the molecule is COCC(C)N(C)CCNC1CCCCC1C. The van der Waals surface area contributed by atoms with Crippen molar-refractivity contribution in [2.24, 2.45) is 5.92 Å². The number of rotatable bonds is 7. The van der Waals surface area contributed by atoms with Gasteiger partial charge in [0.15, 0.2) is 0 Å². The van der Waals surface area contributed by atoms with Crippen LogP contribution in [0.25, 0.3) is 0 Å². The van der Waals surface area contributed by atoms with E-state index < -0.39 is 0 Å². The summed E-state index contributed by atoms with van der Waals surface area (Å²) in [4.78, 5) is 2.37. The van der Waals surface area contributed by atoms with Crippen LogP contribution in [-0.4, -0.2) is 50.8 Å². The van der Waals surface area contributed by atoms with Gasteiger partial charge in [0.1, 0.15) is 0 Å². The Hall–Kier alpha value is -0.120. The molecule has 0 radical (unpaired) electrons. The lowest BCUT2D eigenvalue weighted by molar-refractivity contribution is 0.114. The maximum atomic E-state index is 5.18. The first-order chi connectivity index (χ1) is 8.15. The molecule has 1 N–H and O–H groups in total. The standard InChI is InChI=1S/C14H30N2O/c1-12-7-5-6-8-14(12)15-9-10-16(3)13(2)11-17-4/h12-15H,5-11H2,1-4H3. The molecule has 1 saturated carbocycles. The summed E-state index contributed by atoms with van der Waals surface area (Å²) in [6.07, 6.45) is 5.58. The minimum absolute atomic E-state index is 0.505. The summed E-state index contributed by atoms with van der Waals surface area (Å²) in [5.74, 6) is 0.852. The lowest BCUT2D eigenvalue weighted by atomic mass is 9.86. The second-order valence-corrected chi connectivity index (χ2v) is 5.61. The molecule has 102 valence electrons. The Labute approximate surface area is 107 Å². The van der Waals surface area contributed by atoms with Crippen molar-refractivity contribution in [1.29, 1.82) is 0 Å². The lowest BCUT2D eigenvalue weighted by Crippen LogP contribution is -2.43. The first-order valence-corrected chi connectivity index (χ1v) is 7.07. The Balaban J connectivity index is 2.13. The van der Waals surface area contributed by atoms with Crippen molar-refractivity contribution in [3.8, 4) is 0 Å². The number of nitrogens with zero attached hydrogens (tertiary/aromatic N) is 1. The average Bonchev–Trinajstić information content (AvgIpc) is 2.31. The van der Waals surface area contributed by atoms with Crippen molar-refractivity contribution in [2.75, 3.05) is 33.9 Å². The van der Waals surface area contributed by atoms with E-state index in [0.717, 1.165) is 31.7 Å². The minimum atomic E-state index is 0.505. The van der Waals surface area contributed by atoms with E-state index in [9.17, 15) is 0 Å². The molecule has 0 aromatic rings. The van der Waals surface area contributed by atoms with E-state index in [0.29, 0.717) is 6.04 Å². The fourth-order valence-corrected chi connectivity index (χ4v) is 2.63. The lowest BCUT2D eigenvalue weighted by Gasteiger charge is -2.31. The van der Waals surface area contributed by atoms with Crippen molar-refractivity contribution in [2.45, 2.75) is 51.6 Å². The summed E-state index contributed by atoms with van der Waals surface area (Å²) in [6.45, 7) is 7.62. The Morgan fingerprint density at radius 2 is 2.06 bits per heavy atom. The first kappa shape index (κ1) is 14.9. The molecule has 0 aromatic heterocycles. The van der Waals surface area contributed by atoms with Gasteiger partial charge in [-0.15, -0.1) is 0 Å². The Morgan fingerprint density at radius 3 is 2.71 bits per heavy atom. The Bertz CT molecular complexity index is 199. The van der Waals surface area contributed by atoms with Gasteiger partial charge in [-0.1, -0.05) is 19.8 Å². The zero-order valence-electron chi connectivity index (χ0n) is 12.0. The molecule has 0 aromatic carbocycles. The second kappa shape index (κ2) is 8.06. The smallest absolute Gasteiger partial charge is 0.0615 e. The molecule has 0 aliphatic heterocycles. The maximum Gasteiger partial charge on any atom is 0.0615 e. The number of ether oxygens (including phenoxy) is 1. The molecule has 3 atom stereocenters. The monoisotopic (exact) mass is 242 g/mol. The number of likely N-dealkylation sites (N-methyl/N-ethyl adjacent to an activating group) is 1. The van der Waals surface area contributed by atoms with Crippen LogP contribution in [0.1, 0.15) is 39.5 Å². The third-order valence-electron chi connectivity index (χ3n) is 4.14. The summed E-state index contributed by atoms with van der Waals surface area (Å²) >= 11 is 0. The maximum absolute atomic E-state index is 5.18. The van der Waals surface area contributed by atoms with Gasteiger partial charge in [-0.05, 0) is 32.7 Å². The van der Waals surface area contributed by atoms with Crippen LogP contribution in [0.2, 0.25) is 0 Å². The first-order valence-electron chi connectivity index (χ1n) is 7.07. The van der Waals surface area contributed by atoms with Crippen LogP contribution in [0.3, 0.4) is 0 Å². The van der Waals surface area contributed by atoms with Crippen molar-refractivity contribution < 1.29 is 4.74 Å². The van der Waals surface area contributed by atoms with Crippen molar-refractivity contribution in [3.05, 3.63) is 0 Å². The number of methoxy groups -OCH3 is 1. The molecule has 0 heterocycles. The fraction of sp³-hybridized carbons (Fsp3) is 1.00. The van der Waals surface area contributed by atoms with Crippen LogP contribution in [0.4, 0.5) is 0 Å². The highest BCUT2D eigenvalue weighted by Crippen LogP contribution is 2.23. The van der Waals surface area contributed by atoms with Crippen molar-refractivity contribution >= 4 is 0 Å². The highest BCUT2D eigenvalue weighted by molar-refractivity contribution is 4.78. The van der Waals surface area contributed by atoms with Gasteiger partial charge in [0, 0.05) is 32.3 Å². The third kappa shape index (κ3) is 5.36. The normalized spacial score (nSPS) is 27.4. The van der Waals surface area contributed by atoms with E-state index in [4.69, 9.17) is 4.74 Å². The molecule has 1 aliphatic rings. The van der Waals surface area contributed by atoms with Crippen molar-refractivity contribution in [3.63, 3.8) is 0 Å². The molecule has 1 rings (SSSR count).